The molecule has 0 N–H and O–H groups in total. The van der Waals surface area contributed by atoms with Crippen LogP contribution in [0.15, 0.2) is 42.5 Å². The number of benzene rings is 2. The summed E-state index contributed by atoms with van der Waals surface area (Å²) in [5.74, 6) is -0.643. The summed E-state index contributed by atoms with van der Waals surface area (Å²) >= 11 is 0. The molecule has 3 rings (SSSR count). The predicted octanol–water partition coefficient (Wildman–Crippen LogP) is 3.44. The maximum Gasteiger partial charge on any atom is 0.155 e. The van der Waals surface area contributed by atoms with E-state index in [-0.39, 0.29) is 12.4 Å². The van der Waals surface area contributed by atoms with E-state index < -0.39 is 12.0 Å². The van der Waals surface area contributed by atoms with E-state index in [1.165, 1.54) is 0 Å². The number of halogens is 1. The molecule has 0 aromatic heterocycles. The first-order chi connectivity index (χ1) is 11.1. The fraction of sp³-hybridized carbons (Fsp3) is 0.316. The summed E-state index contributed by atoms with van der Waals surface area (Å²) in [7, 11) is 3.90. The van der Waals surface area contributed by atoms with Gasteiger partial charge in [0, 0.05) is 12.1 Å². The Bertz CT molecular complexity index is 737. The number of hydrogen-bond donors (Lipinski definition) is 0. The summed E-state index contributed by atoms with van der Waals surface area (Å²) in [6.45, 7) is 0.941. The number of fused-ring (bicyclic) bond motifs is 1. The van der Waals surface area contributed by atoms with Crippen molar-refractivity contribution in [2.75, 3.05) is 14.1 Å². The van der Waals surface area contributed by atoms with Gasteiger partial charge in [0.2, 0.25) is 0 Å². The van der Waals surface area contributed by atoms with Crippen LogP contribution in [-0.4, -0.2) is 25.1 Å². The smallest absolute Gasteiger partial charge is 0.155 e. The van der Waals surface area contributed by atoms with E-state index >= 15 is 0 Å². The fourth-order valence-electron chi connectivity index (χ4n) is 3.20. The van der Waals surface area contributed by atoms with E-state index in [0.717, 1.165) is 16.7 Å². The SMILES string of the molecule is CN(C)Cc1cc(F)c2c(c1)COC(C#N)C2c1ccccc1. The molecule has 0 fully saturated rings. The fourth-order valence-corrected chi connectivity index (χ4v) is 3.20. The van der Waals surface area contributed by atoms with Crippen molar-refractivity contribution in [2.45, 2.75) is 25.2 Å². The van der Waals surface area contributed by atoms with Crippen LogP contribution in [0.4, 0.5) is 4.39 Å². The van der Waals surface area contributed by atoms with Gasteiger partial charge in [-0.25, -0.2) is 4.39 Å². The average Bonchev–Trinajstić information content (AvgIpc) is 2.54. The molecule has 0 spiro atoms. The lowest BCUT2D eigenvalue weighted by atomic mass is 9.81. The molecule has 0 radical (unpaired) electrons. The summed E-state index contributed by atoms with van der Waals surface area (Å²) < 4.78 is 20.5. The predicted molar refractivity (Wildman–Crippen MR) is 86.3 cm³/mol. The zero-order valence-corrected chi connectivity index (χ0v) is 13.3. The van der Waals surface area contributed by atoms with Crippen molar-refractivity contribution in [3.63, 3.8) is 0 Å². The monoisotopic (exact) mass is 310 g/mol. The largest absolute Gasteiger partial charge is 0.358 e. The van der Waals surface area contributed by atoms with Crippen molar-refractivity contribution < 1.29 is 9.13 Å². The van der Waals surface area contributed by atoms with Crippen molar-refractivity contribution in [3.8, 4) is 6.07 Å². The summed E-state index contributed by atoms with van der Waals surface area (Å²) in [4.78, 5) is 2.00. The van der Waals surface area contributed by atoms with Gasteiger partial charge in [-0.3, -0.25) is 0 Å². The number of ether oxygens (including phenoxy) is 1. The topological polar surface area (TPSA) is 36.3 Å². The van der Waals surface area contributed by atoms with Crippen molar-refractivity contribution in [1.29, 1.82) is 5.26 Å². The molecular weight excluding hydrogens is 291 g/mol. The third-order valence-corrected chi connectivity index (χ3v) is 4.09. The van der Waals surface area contributed by atoms with E-state index in [1.54, 1.807) is 6.07 Å². The number of nitrogens with zero attached hydrogens (tertiary/aromatic N) is 2. The van der Waals surface area contributed by atoms with Crippen molar-refractivity contribution >= 4 is 0 Å². The molecule has 23 heavy (non-hydrogen) atoms. The van der Waals surface area contributed by atoms with Gasteiger partial charge >= 0.3 is 0 Å². The third kappa shape index (κ3) is 3.12. The molecule has 1 aliphatic heterocycles. The molecule has 3 nitrogen and oxygen atoms in total. The second-order valence-corrected chi connectivity index (χ2v) is 6.14. The summed E-state index contributed by atoms with van der Waals surface area (Å²) in [5, 5.41) is 9.41. The number of rotatable bonds is 3. The molecule has 2 unspecified atom stereocenters. The van der Waals surface area contributed by atoms with Crippen LogP contribution in [0.2, 0.25) is 0 Å². The van der Waals surface area contributed by atoms with Gasteiger partial charge in [0.15, 0.2) is 6.10 Å². The molecule has 118 valence electrons. The number of hydrogen-bond acceptors (Lipinski definition) is 3. The van der Waals surface area contributed by atoms with E-state index in [0.29, 0.717) is 12.1 Å². The minimum atomic E-state index is -0.668. The van der Waals surface area contributed by atoms with Crippen LogP contribution in [0.25, 0.3) is 0 Å². The third-order valence-electron chi connectivity index (χ3n) is 4.09. The van der Waals surface area contributed by atoms with Crippen LogP contribution in [-0.2, 0) is 17.9 Å². The van der Waals surface area contributed by atoms with Crippen LogP contribution in [0.3, 0.4) is 0 Å². The van der Waals surface area contributed by atoms with Crippen LogP contribution in [0, 0.1) is 17.1 Å². The van der Waals surface area contributed by atoms with Gasteiger partial charge < -0.3 is 9.64 Å². The minimum Gasteiger partial charge on any atom is -0.358 e. The van der Waals surface area contributed by atoms with Crippen LogP contribution in [0.5, 0.6) is 0 Å². The van der Waals surface area contributed by atoms with Gasteiger partial charge in [0.05, 0.1) is 18.6 Å². The van der Waals surface area contributed by atoms with E-state index in [4.69, 9.17) is 4.74 Å². The van der Waals surface area contributed by atoms with Crippen LogP contribution in [0.1, 0.15) is 28.2 Å². The highest BCUT2D eigenvalue weighted by molar-refractivity contribution is 5.44. The molecule has 1 aliphatic rings. The Balaban J connectivity index is 2.10. The summed E-state index contributed by atoms with van der Waals surface area (Å²) in [6.07, 6.45) is -0.668. The second kappa shape index (κ2) is 6.49. The van der Waals surface area contributed by atoms with Crippen molar-refractivity contribution in [1.82, 2.24) is 4.90 Å². The Morgan fingerprint density at radius 2 is 2.00 bits per heavy atom. The molecule has 0 saturated heterocycles. The molecule has 0 aliphatic carbocycles. The maximum atomic E-state index is 14.8. The lowest BCUT2D eigenvalue weighted by Gasteiger charge is -2.31. The highest BCUT2D eigenvalue weighted by Gasteiger charge is 2.34. The molecule has 0 amide bonds. The highest BCUT2D eigenvalue weighted by Crippen LogP contribution is 2.38. The highest BCUT2D eigenvalue weighted by atomic mass is 19.1. The molecule has 2 aromatic rings. The van der Waals surface area contributed by atoms with Gasteiger partial charge in [-0.2, -0.15) is 5.26 Å². The summed E-state index contributed by atoms with van der Waals surface area (Å²) in [6, 6.07) is 15.3. The van der Waals surface area contributed by atoms with Crippen LogP contribution >= 0.6 is 0 Å². The Labute approximate surface area is 135 Å². The maximum absolute atomic E-state index is 14.8. The molecular formula is C19H19FN2O. The molecule has 2 aromatic carbocycles. The average molecular weight is 310 g/mol. The van der Waals surface area contributed by atoms with E-state index in [1.807, 2.05) is 55.4 Å². The Kier molecular flexibility index (Phi) is 4.42. The van der Waals surface area contributed by atoms with Gasteiger partial charge in [-0.1, -0.05) is 36.4 Å². The molecule has 1 heterocycles. The first kappa shape index (κ1) is 15.7. The van der Waals surface area contributed by atoms with Gasteiger partial charge in [-0.15, -0.1) is 0 Å². The standard InChI is InChI=1S/C19H19FN2O/c1-22(2)11-13-8-15-12-23-17(10-21)19(18(15)16(20)9-13)14-6-4-3-5-7-14/h3-9,17,19H,11-12H2,1-2H3. The minimum absolute atomic E-state index is 0.253. The van der Waals surface area contributed by atoms with Gasteiger partial charge in [0.25, 0.3) is 0 Å². The van der Waals surface area contributed by atoms with Crippen LogP contribution < -0.4 is 0 Å². The first-order valence-corrected chi connectivity index (χ1v) is 7.62. The Morgan fingerprint density at radius 1 is 1.26 bits per heavy atom. The molecule has 0 saturated carbocycles. The zero-order valence-electron chi connectivity index (χ0n) is 13.3. The first-order valence-electron chi connectivity index (χ1n) is 7.62. The van der Waals surface area contributed by atoms with Gasteiger partial charge in [-0.05, 0) is 36.9 Å². The Hall–Kier alpha value is -2.22. The molecule has 0 bridgehead atoms. The zero-order chi connectivity index (χ0) is 16.4. The lowest BCUT2D eigenvalue weighted by molar-refractivity contribution is 0.0508. The van der Waals surface area contributed by atoms with E-state index in [2.05, 4.69) is 6.07 Å². The van der Waals surface area contributed by atoms with Crippen molar-refractivity contribution in [3.05, 3.63) is 70.5 Å². The van der Waals surface area contributed by atoms with Crippen molar-refractivity contribution in [2.24, 2.45) is 0 Å². The molecule has 4 heteroatoms. The molecule has 2 atom stereocenters. The van der Waals surface area contributed by atoms with Gasteiger partial charge in [0.1, 0.15) is 5.82 Å². The quantitative estimate of drug-likeness (QED) is 0.871. The normalized spacial score (nSPS) is 20.1. The lowest BCUT2D eigenvalue weighted by Crippen LogP contribution is -2.29. The number of nitriles is 1. The second-order valence-electron chi connectivity index (χ2n) is 6.14. The van der Waals surface area contributed by atoms with E-state index in [9.17, 15) is 9.65 Å². The Morgan fingerprint density at radius 3 is 2.65 bits per heavy atom. The summed E-state index contributed by atoms with van der Waals surface area (Å²) in [5.41, 5.74) is 3.25.